The van der Waals surface area contributed by atoms with Gasteiger partial charge in [-0.2, -0.15) is 0 Å². The number of nitrogens with two attached hydrogens (primary N) is 1. The third-order valence-electron chi connectivity index (χ3n) is 2.76. The number of ether oxygens (including phenoxy) is 1. The van der Waals surface area contributed by atoms with E-state index in [1.54, 1.807) is 6.92 Å². The minimum atomic E-state index is -1.74. The van der Waals surface area contributed by atoms with Crippen molar-refractivity contribution in [2.75, 3.05) is 6.61 Å². The van der Waals surface area contributed by atoms with E-state index in [1.807, 2.05) is 12.7 Å². The molecule has 0 aromatic heterocycles. The van der Waals surface area contributed by atoms with Gasteiger partial charge >= 0.3 is 5.97 Å². The van der Waals surface area contributed by atoms with Crippen molar-refractivity contribution in [2.45, 2.75) is 44.6 Å². The largest absolute Gasteiger partial charge is 0.455 e. The zero-order chi connectivity index (χ0) is 15.0. The first kappa shape index (κ1) is 15.0. The molecule has 5 atom stereocenters. The quantitative estimate of drug-likeness (QED) is 0.285. The number of aliphatic hydroxyl groups is 3. The zero-order valence-corrected chi connectivity index (χ0v) is 10.4. The molecule has 0 saturated heterocycles. The number of hydrogen-bond acceptors (Lipinski definition) is 7. The summed E-state index contributed by atoms with van der Waals surface area (Å²) in [6, 6.07) is -0.947. The second-order valence-corrected chi connectivity index (χ2v) is 4.14. The third kappa shape index (κ3) is 4.69. The van der Waals surface area contributed by atoms with E-state index in [2.05, 4.69) is 0 Å². The lowest BCUT2D eigenvalue weighted by Crippen LogP contribution is -2.48. The van der Waals surface area contributed by atoms with E-state index < -0.39 is 36.9 Å². The van der Waals surface area contributed by atoms with Crippen molar-refractivity contribution >= 4 is 12.3 Å². The van der Waals surface area contributed by atoms with Crippen LogP contribution >= 0.6 is 0 Å². The lowest BCUT2D eigenvalue weighted by Gasteiger charge is -2.26. The topological polar surface area (TPSA) is 130 Å². The summed E-state index contributed by atoms with van der Waals surface area (Å²) in [5, 5.41) is 27.5. The number of hydrogen-bond donors (Lipinski definition) is 4. The molecule has 0 spiro atoms. The molecule has 0 saturated carbocycles. The average molecular weight is 264 g/mol. The fourth-order valence-electron chi connectivity index (χ4n) is 1.23. The molecule has 0 rings (SSSR count). The lowest BCUT2D eigenvalue weighted by molar-refractivity contribution is -0.169. The number of rotatable bonds is 9. The van der Waals surface area contributed by atoms with Gasteiger partial charge in [-0.1, -0.05) is 20.3 Å². The Kier molecular flexibility index (Phi) is 6.81. The van der Waals surface area contributed by atoms with Gasteiger partial charge in [0.1, 0.15) is 19.7 Å². The molecule has 0 bridgehead atoms. The van der Waals surface area contributed by atoms with Crippen molar-refractivity contribution in [1.82, 2.24) is 0 Å². The highest BCUT2D eigenvalue weighted by molar-refractivity contribution is 5.76. The molecule has 18 heavy (non-hydrogen) atoms. The van der Waals surface area contributed by atoms with Crippen molar-refractivity contribution in [3.63, 3.8) is 0 Å². The van der Waals surface area contributed by atoms with Crippen LogP contribution in [-0.2, 0) is 14.3 Å². The smallest absolute Gasteiger partial charge is 0.323 e. The second kappa shape index (κ2) is 8.15. The van der Waals surface area contributed by atoms with Crippen molar-refractivity contribution in [2.24, 2.45) is 11.6 Å². The van der Waals surface area contributed by atoms with E-state index >= 15 is 0 Å². The van der Waals surface area contributed by atoms with Crippen LogP contribution < -0.4 is 5.73 Å². The second-order valence-electron chi connectivity index (χ2n) is 4.14. The standard InChI is InChI=1S/C11H21NO6/c1-3-6(2)9(12)11(17)18-10(7(15)4-13)8(16)5-14/h4,6-10,14-16H,3,5,12H2,1-2H3/t6-,7-,8+,9-,10-/m0/s1/i/hD. The Bertz CT molecular complexity index is 290. The first-order valence-electron chi connectivity index (χ1n) is 6.22. The maximum absolute atomic E-state index is 11.8. The fourth-order valence-corrected chi connectivity index (χ4v) is 1.23. The predicted octanol–water partition coefficient (Wildman–Crippen LogP) is -1.82. The normalized spacial score (nSPS) is 20.2. The molecule has 5 N–H and O–H groups in total. The molecule has 0 radical (unpaired) electrons. The molecule has 106 valence electrons. The molecule has 0 heterocycles. The van der Waals surface area contributed by atoms with E-state index in [1.165, 1.54) is 0 Å². The van der Waals surface area contributed by atoms with Crippen LogP contribution in [0.25, 0.3) is 0 Å². The number of carbonyl (C=O) groups is 2. The minimum absolute atomic E-state index is 0.100. The van der Waals surface area contributed by atoms with E-state index in [9.17, 15) is 19.8 Å². The first-order valence-corrected chi connectivity index (χ1v) is 5.72. The van der Waals surface area contributed by atoms with Gasteiger partial charge in [0.2, 0.25) is 0 Å². The van der Waals surface area contributed by atoms with Gasteiger partial charge < -0.3 is 30.6 Å². The van der Waals surface area contributed by atoms with Crippen LogP contribution in [0.4, 0.5) is 0 Å². The molecular weight excluding hydrogens is 242 g/mol. The van der Waals surface area contributed by atoms with Gasteiger partial charge in [0.05, 0.1) is 6.61 Å². The molecule has 0 aliphatic carbocycles. The molecule has 0 aromatic carbocycles. The highest BCUT2D eigenvalue weighted by Gasteiger charge is 2.32. The van der Waals surface area contributed by atoms with E-state index in [-0.39, 0.29) is 12.2 Å². The summed E-state index contributed by atoms with van der Waals surface area (Å²) >= 11 is 0. The van der Waals surface area contributed by atoms with Gasteiger partial charge in [-0.3, -0.25) is 4.79 Å². The molecule has 0 aliphatic rings. The lowest BCUT2D eigenvalue weighted by atomic mass is 10.00. The molecule has 7 nitrogen and oxygen atoms in total. The van der Waals surface area contributed by atoms with Gasteiger partial charge in [-0.05, 0) is 5.92 Å². The Morgan fingerprint density at radius 3 is 2.56 bits per heavy atom. The van der Waals surface area contributed by atoms with Crippen LogP contribution in [0, 0.1) is 5.92 Å². The highest BCUT2D eigenvalue weighted by atomic mass is 16.6. The number of esters is 1. The number of aldehydes is 1. The van der Waals surface area contributed by atoms with Gasteiger partial charge in [0, 0.05) is 0 Å². The molecule has 7 heteroatoms. The molecule has 0 fully saturated rings. The van der Waals surface area contributed by atoms with Crippen molar-refractivity contribution in [1.29, 1.82) is 0 Å². The highest BCUT2D eigenvalue weighted by Crippen LogP contribution is 2.11. The first-order chi connectivity index (χ1) is 8.92. The Labute approximate surface area is 107 Å². The van der Waals surface area contributed by atoms with Crippen molar-refractivity contribution < 1.29 is 31.1 Å². The van der Waals surface area contributed by atoms with Gasteiger partial charge in [-0.25, -0.2) is 0 Å². The predicted molar refractivity (Wildman–Crippen MR) is 62.5 cm³/mol. The summed E-state index contributed by atoms with van der Waals surface area (Å²) in [6.07, 6.45) is -4.17. The summed E-state index contributed by atoms with van der Waals surface area (Å²) < 4.78 is 11.9. The Morgan fingerprint density at radius 1 is 1.56 bits per heavy atom. The number of carbonyl (C=O) groups excluding carboxylic acids is 2. The Hall–Kier alpha value is -1.02. The summed E-state index contributed by atoms with van der Waals surface area (Å²) in [7, 11) is 0. The molecule has 0 amide bonds. The Balaban J connectivity index is 4.82. The molecule has 0 aromatic rings. The molecule has 0 aliphatic heterocycles. The van der Waals surface area contributed by atoms with Crippen LogP contribution in [0.3, 0.4) is 0 Å². The van der Waals surface area contributed by atoms with E-state index in [0.717, 1.165) is 0 Å². The summed E-state index contributed by atoms with van der Waals surface area (Å²) in [5.41, 5.74) is 2.03. The van der Waals surface area contributed by atoms with Gasteiger partial charge in [0.25, 0.3) is 0 Å². The van der Waals surface area contributed by atoms with Gasteiger partial charge in [-0.15, -0.1) is 0 Å². The molecular formula is C11H21NO6. The maximum atomic E-state index is 11.8. The van der Waals surface area contributed by atoms with Crippen LogP contribution in [0.5, 0.6) is 0 Å². The SMILES string of the molecule is [2H]N[C@H](C(=O)O[C@H]([C@H](O)CO)[C@@H](O)C=O)[C@@H](C)CC. The van der Waals surface area contributed by atoms with Crippen LogP contribution in [0.1, 0.15) is 20.3 Å². The molecule has 0 unspecified atom stereocenters. The fraction of sp³-hybridized carbons (Fsp3) is 0.818. The minimum Gasteiger partial charge on any atom is -0.455 e. The van der Waals surface area contributed by atoms with Crippen LogP contribution in [0.2, 0.25) is 1.41 Å². The van der Waals surface area contributed by atoms with Crippen LogP contribution in [0.15, 0.2) is 0 Å². The summed E-state index contributed by atoms with van der Waals surface area (Å²) in [4.78, 5) is 22.3. The summed E-state index contributed by atoms with van der Waals surface area (Å²) in [5.74, 6) is -1.08. The third-order valence-corrected chi connectivity index (χ3v) is 2.76. The number of aliphatic hydroxyl groups excluding tert-OH is 3. The Morgan fingerprint density at radius 2 is 2.17 bits per heavy atom. The maximum Gasteiger partial charge on any atom is 0.323 e. The summed E-state index contributed by atoms with van der Waals surface area (Å²) in [6.45, 7) is 2.77. The van der Waals surface area contributed by atoms with E-state index in [0.29, 0.717) is 6.42 Å². The zero-order valence-electron chi connectivity index (χ0n) is 11.4. The van der Waals surface area contributed by atoms with Crippen molar-refractivity contribution in [3.8, 4) is 0 Å². The van der Waals surface area contributed by atoms with Crippen molar-refractivity contribution in [3.05, 3.63) is 0 Å². The average Bonchev–Trinajstić information content (AvgIpc) is 2.43. The van der Waals surface area contributed by atoms with Gasteiger partial charge in [0.15, 0.2) is 12.4 Å². The monoisotopic (exact) mass is 264 g/mol. The van der Waals surface area contributed by atoms with Crippen LogP contribution in [-0.4, -0.2) is 58.5 Å². The van der Waals surface area contributed by atoms with E-state index in [4.69, 9.17) is 11.3 Å².